The van der Waals surface area contributed by atoms with Crippen LogP contribution >= 0.6 is 0 Å². The third-order valence-electron chi connectivity index (χ3n) is 8.43. The molecule has 4 heteroatoms. The molecule has 0 spiro atoms. The van der Waals surface area contributed by atoms with E-state index >= 15 is 8.78 Å². The number of allylic oxidation sites excluding steroid dienone is 2. The second-order valence-corrected chi connectivity index (χ2v) is 11.5. The highest BCUT2D eigenvalue weighted by molar-refractivity contribution is 5.71. The van der Waals surface area contributed by atoms with E-state index in [1.807, 2.05) is 13.0 Å². The van der Waals surface area contributed by atoms with Gasteiger partial charge in [0.25, 0.3) is 0 Å². The number of aryl methyl sites for hydroxylation is 1. The van der Waals surface area contributed by atoms with E-state index in [-0.39, 0.29) is 17.5 Å². The molecule has 0 saturated carbocycles. The van der Waals surface area contributed by atoms with E-state index in [4.69, 9.17) is 4.74 Å². The fourth-order valence-corrected chi connectivity index (χ4v) is 5.87. The van der Waals surface area contributed by atoms with Crippen molar-refractivity contribution in [3.63, 3.8) is 0 Å². The molecule has 2 atom stereocenters. The standard InChI is InChI=1S/C37H45F3O/c1-3-5-7-8-9-10-12-14-30-20-23-33(37(40)36(30)39)29-18-16-28(17-19-29)32-22-21-31(25-34(32)38)35-24-15-27(26-41-35)13-11-6-4-2/h4,6,16-23,25,27,35H,3,5,7-15,24,26H2,1-2H3/b6-4+. The quantitative estimate of drug-likeness (QED) is 0.140. The molecule has 1 heterocycles. The van der Waals surface area contributed by atoms with E-state index in [9.17, 15) is 4.39 Å². The lowest BCUT2D eigenvalue weighted by atomic mass is 9.90. The molecule has 0 amide bonds. The van der Waals surface area contributed by atoms with Gasteiger partial charge in [-0.2, -0.15) is 0 Å². The zero-order chi connectivity index (χ0) is 29.0. The first-order valence-electron chi connectivity index (χ1n) is 15.6. The lowest BCUT2D eigenvalue weighted by Gasteiger charge is -2.29. The summed E-state index contributed by atoms with van der Waals surface area (Å²) in [7, 11) is 0. The van der Waals surface area contributed by atoms with Gasteiger partial charge in [0.05, 0.1) is 12.7 Å². The fourth-order valence-electron chi connectivity index (χ4n) is 5.87. The molecule has 0 N–H and O–H groups in total. The average molecular weight is 563 g/mol. The van der Waals surface area contributed by atoms with Crippen molar-refractivity contribution in [3.8, 4) is 22.3 Å². The van der Waals surface area contributed by atoms with Gasteiger partial charge in [0.15, 0.2) is 11.6 Å². The first kappa shape index (κ1) is 31.1. The van der Waals surface area contributed by atoms with Crippen molar-refractivity contribution in [3.05, 3.63) is 95.3 Å². The van der Waals surface area contributed by atoms with E-state index in [1.54, 1.807) is 48.5 Å². The van der Waals surface area contributed by atoms with Crippen LogP contribution in [0.15, 0.2) is 66.7 Å². The summed E-state index contributed by atoms with van der Waals surface area (Å²) < 4.78 is 51.2. The van der Waals surface area contributed by atoms with Gasteiger partial charge in [0.1, 0.15) is 5.82 Å². The summed E-state index contributed by atoms with van der Waals surface area (Å²) in [5, 5.41) is 0. The smallest absolute Gasteiger partial charge is 0.166 e. The molecule has 3 aromatic carbocycles. The molecule has 0 aliphatic carbocycles. The molecule has 1 aliphatic rings. The highest BCUT2D eigenvalue weighted by atomic mass is 19.2. The van der Waals surface area contributed by atoms with Crippen molar-refractivity contribution in [1.82, 2.24) is 0 Å². The Morgan fingerprint density at radius 2 is 1.46 bits per heavy atom. The summed E-state index contributed by atoms with van der Waals surface area (Å²) in [5.74, 6) is -1.32. The Bertz CT molecular complexity index is 1260. The van der Waals surface area contributed by atoms with E-state index < -0.39 is 11.6 Å². The predicted molar refractivity (Wildman–Crippen MR) is 164 cm³/mol. The van der Waals surface area contributed by atoms with Crippen LogP contribution in [0.5, 0.6) is 0 Å². The van der Waals surface area contributed by atoms with Gasteiger partial charge in [-0.15, -0.1) is 0 Å². The van der Waals surface area contributed by atoms with Crippen LogP contribution < -0.4 is 0 Å². The van der Waals surface area contributed by atoms with Crippen LogP contribution in [0.1, 0.15) is 102 Å². The van der Waals surface area contributed by atoms with Gasteiger partial charge < -0.3 is 4.74 Å². The first-order valence-corrected chi connectivity index (χ1v) is 15.6. The normalized spacial score (nSPS) is 17.4. The molecule has 1 saturated heterocycles. The van der Waals surface area contributed by atoms with E-state index in [0.717, 1.165) is 50.5 Å². The van der Waals surface area contributed by atoms with Crippen molar-refractivity contribution in [1.29, 1.82) is 0 Å². The number of ether oxygens (including phenoxy) is 1. The molecule has 0 radical (unpaired) electrons. The minimum absolute atomic E-state index is 0.0782. The van der Waals surface area contributed by atoms with Crippen molar-refractivity contribution in [2.45, 2.75) is 97.0 Å². The Kier molecular flexibility index (Phi) is 12.1. The maximum atomic E-state index is 15.2. The highest BCUT2D eigenvalue weighted by Gasteiger charge is 2.23. The third-order valence-corrected chi connectivity index (χ3v) is 8.43. The van der Waals surface area contributed by atoms with Crippen LogP contribution in [0.4, 0.5) is 13.2 Å². The first-order chi connectivity index (χ1) is 20.0. The fraction of sp³-hybridized carbons (Fsp3) is 0.459. The Morgan fingerprint density at radius 1 is 0.780 bits per heavy atom. The number of rotatable bonds is 14. The predicted octanol–water partition coefficient (Wildman–Crippen LogP) is 11.6. The second kappa shape index (κ2) is 16.0. The largest absolute Gasteiger partial charge is 0.373 e. The van der Waals surface area contributed by atoms with Crippen molar-refractivity contribution < 1.29 is 17.9 Å². The molecule has 1 fully saturated rings. The van der Waals surface area contributed by atoms with Gasteiger partial charge in [-0.05, 0) is 79.7 Å². The number of unbranched alkanes of at least 4 members (excludes halogenated alkanes) is 6. The van der Waals surface area contributed by atoms with E-state index in [1.165, 1.54) is 25.7 Å². The van der Waals surface area contributed by atoms with Crippen LogP contribution in [0.2, 0.25) is 0 Å². The molecular weight excluding hydrogens is 517 g/mol. The van der Waals surface area contributed by atoms with Crippen LogP contribution in [-0.2, 0) is 11.2 Å². The van der Waals surface area contributed by atoms with Crippen LogP contribution in [0.3, 0.4) is 0 Å². The third kappa shape index (κ3) is 8.58. The molecule has 0 aromatic heterocycles. The summed E-state index contributed by atoms with van der Waals surface area (Å²) in [6, 6.07) is 15.7. The molecule has 41 heavy (non-hydrogen) atoms. The molecular formula is C37H45F3O. The lowest BCUT2D eigenvalue weighted by molar-refractivity contribution is -0.0191. The van der Waals surface area contributed by atoms with Gasteiger partial charge in [-0.25, -0.2) is 13.2 Å². The average Bonchev–Trinajstić information content (AvgIpc) is 2.99. The number of benzene rings is 3. The zero-order valence-electron chi connectivity index (χ0n) is 24.7. The lowest BCUT2D eigenvalue weighted by Crippen LogP contribution is -2.20. The van der Waals surface area contributed by atoms with Crippen molar-refractivity contribution >= 4 is 0 Å². The molecule has 3 aromatic rings. The maximum absolute atomic E-state index is 15.2. The monoisotopic (exact) mass is 562 g/mol. The number of hydrogen-bond donors (Lipinski definition) is 0. The molecule has 1 aliphatic heterocycles. The van der Waals surface area contributed by atoms with Crippen molar-refractivity contribution in [2.75, 3.05) is 6.61 Å². The van der Waals surface area contributed by atoms with Crippen molar-refractivity contribution in [2.24, 2.45) is 5.92 Å². The molecule has 220 valence electrons. The maximum Gasteiger partial charge on any atom is 0.166 e. The molecule has 4 rings (SSSR count). The van der Waals surface area contributed by atoms with E-state index in [2.05, 4.69) is 19.1 Å². The zero-order valence-corrected chi connectivity index (χ0v) is 24.7. The highest BCUT2D eigenvalue weighted by Crippen LogP contribution is 2.35. The molecule has 0 bridgehead atoms. The topological polar surface area (TPSA) is 9.23 Å². The summed E-state index contributed by atoms with van der Waals surface area (Å²) in [6.45, 7) is 4.95. The summed E-state index contributed by atoms with van der Waals surface area (Å²) in [6.07, 6.45) is 16.9. The van der Waals surface area contributed by atoms with Gasteiger partial charge in [-0.3, -0.25) is 0 Å². The molecule has 1 nitrogen and oxygen atoms in total. The molecule has 2 unspecified atom stereocenters. The van der Waals surface area contributed by atoms with Gasteiger partial charge in [0.2, 0.25) is 0 Å². The van der Waals surface area contributed by atoms with E-state index in [0.29, 0.717) is 41.2 Å². The minimum Gasteiger partial charge on any atom is -0.373 e. The minimum atomic E-state index is -0.815. The van der Waals surface area contributed by atoms with Gasteiger partial charge >= 0.3 is 0 Å². The van der Waals surface area contributed by atoms with Gasteiger partial charge in [0, 0.05) is 11.1 Å². The Labute approximate surface area is 244 Å². The van der Waals surface area contributed by atoms with Crippen LogP contribution in [0.25, 0.3) is 22.3 Å². The van der Waals surface area contributed by atoms with Crippen LogP contribution in [-0.4, -0.2) is 6.61 Å². The Hall–Kier alpha value is -2.85. The summed E-state index contributed by atoms with van der Waals surface area (Å²) in [4.78, 5) is 0. The SMILES string of the molecule is C/C=C/CCC1CCC(c2ccc(-c3ccc(-c4ccc(CCCCCCCCC)c(F)c4F)cc3)c(F)c2)OC1. The number of hydrogen-bond acceptors (Lipinski definition) is 1. The van der Waals surface area contributed by atoms with Crippen LogP contribution in [0, 0.1) is 23.4 Å². The Morgan fingerprint density at radius 3 is 2.12 bits per heavy atom. The second-order valence-electron chi connectivity index (χ2n) is 11.5. The summed E-state index contributed by atoms with van der Waals surface area (Å²) >= 11 is 0. The number of halogens is 3. The summed E-state index contributed by atoms with van der Waals surface area (Å²) in [5.41, 5.74) is 3.28. The van der Waals surface area contributed by atoms with Gasteiger partial charge in [-0.1, -0.05) is 106 Å². The Balaban J connectivity index is 1.35.